The van der Waals surface area contributed by atoms with Crippen molar-refractivity contribution in [3.63, 3.8) is 0 Å². The lowest BCUT2D eigenvalue weighted by molar-refractivity contribution is -0.126. The first-order chi connectivity index (χ1) is 7.08. The van der Waals surface area contributed by atoms with Gasteiger partial charge in [0.05, 0.1) is 5.54 Å². The Bertz CT molecular complexity index is 207. The SMILES string of the molecule is CCCC(C)CC(=O)C1(C)CCCCN1. The van der Waals surface area contributed by atoms with Gasteiger partial charge in [-0.05, 0) is 38.6 Å². The van der Waals surface area contributed by atoms with Gasteiger partial charge >= 0.3 is 0 Å². The second kappa shape index (κ2) is 5.64. The summed E-state index contributed by atoms with van der Waals surface area (Å²) in [5.41, 5.74) is -0.222. The number of hydrogen-bond donors (Lipinski definition) is 1. The van der Waals surface area contributed by atoms with Crippen LogP contribution >= 0.6 is 0 Å². The minimum Gasteiger partial charge on any atom is -0.305 e. The molecule has 88 valence electrons. The van der Waals surface area contributed by atoms with Gasteiger partial charge in [0.1, 0.15) is 0 Å². The summed E-state index contributed by atoms with van der Waals surface area (Å²) >= 11 is 0. The highest BCUT2D eigenvalue weighted by Gasteiger charge is 2.33. The van der Waals surface area contributed by atoms with E-state index in [9.17, 15) is 4.79 Å². The first kappa shape index (κ1) is 12.7. The van der Waals surface area contributed by atoms with Gasteiger partial charge in [-0.1, -0.05) is 26.7 Å². The fourth-order valence-corrected chi connectivity index (χ4v) is 2.43. The zero-order chi connectivity index (χ0) is 11.3. The van der Waals surface area contributed by atoms with E-state index in [0.717, 1.165) is 19.4 Å². The summed E-state index contributed by atoms with van der Waals surface area (Å²) in [6, 6.07) is 0. The van der Waals surface area contributed by atoms with E-state index in [1.165, 1.54) is 25.7 Å². The van der Waals surface area contributed by atoms with Crippen molar-refractivity contribution < 1.29 is 4.79 Å². The number of carbonyl (C=O) groups is 1. The topological polar surface area (TPSA) is 29.1 Å². The van der Waals surface area contributed by atoms with Crippen molar-refractivity contribution in [2.24, 2.45) is 5.92 Å². The van der Waals surface area contributed by atoms with Crippen molar-refractivity contribution in [3.8, 4) is 0 Å². The monoisotopic (exact) mass is 211 g/mol. The van der Waals surface area contributed by atoms with Crippen LogP contribution in [0.15, 0.2) is 0 Å². The molecule has 1 saturated heterocycles. The van der Waals surface area contributed by atoms with Gasteiger partial charge in [-0.3, -0.25) is 4.79 Å². The number of ketones is 1. The number of Topliss-reactive ketones (excluding diaryl/α,β-unsaturated/α-hetero) is 1. The van der Waals surface area contributed by atoms with Crippen molar-refractivity contribution in [3.05, 3.63) is 0 Å². The van der Waals surface area contributed by atoms with Crippen LogP contribution in [-0.2, 0) is 4.79 Å². The predicted octanol–water partition coefficient (Wildman–Crippen LogP) is 2.91. The van der Waals surface area contributed by atoms with Crippen LogP contribution in [0.25, 0.3) is 0 Å². The molecule has 0 aliphatic carbocycles. The van der Waals surface area contributed by atoms with E-state index in [0.29, 0.717) is 11.7 Å². The summed E-state index contributed by atoms with van der Waals surface area (Å²) < 4.78 is 0. The molecule has 2 atom stereocenters. The maximum absolute atomic E-state index is 12.1. The predicted molar refractivity (Wildman–Crippen MR) is 64.0 cm³/mol. The Morgan fingerprint density at radius 3 is 2.73 bits per heavy atom. The van der Waals surface area contributed by atoms with E-state index in [2.05, 4.69) is 26.1 Å². The molecule has 0 aromatic rings. The van der Waals surface area contributed by atoms with Crippen LogP contribution in [0.4, 0.5) is 0 Å². The van der Waals surface area contributed by atoms with E-state index in [1.54, 1.807) is 0 Å². The summed E-state index contributed by atoms with van der Waals surface area (Å²) in [5.74, 6) is 0.964. The third-order valence-electron chi connectivity index (χ3n) is 3.55. The molecule has 1 fully saturated rings. The summed E-state index contributed by atoms with van der Waals surface area (Å²) in [5, 5.41) is 3.39. The highest BCUT2D eigenvalue weighted by atomic mass is 16.1. The molecule has 0 bridgehead atoms. The molecule has 1 N–H and O–H groups in total. The molecular formula is C13H25NO. The largest absolute Gasteiger partial charge is 0.305 e. The van der Waals surface area contributed by atoms with Gasteiger partial charge in [-0.25, -0.2) is 0 Å². The molecule has 0 saturated carbocycles. The Hall–Kier alpha value is -0.370. The molecule has 0 aromatic heterocycles. The van der Waals surface area contributed by atoms with Crippen LogP contribution in [0.5, 0.6) is 0 Å². The second-order valence-corrected chi connectivity index (χ2v) is 5.24. The molecule has 15 heavy (non-hydrogen) atoms. The fourth-order valence-electron chi connectivity index (χ4n) is 2.43. The number of nitrogens with one attached hydrogen (secondary N) is 1. The number of carbonyl (C=O) groups excluding carboxylic acids is 1. The second-order valence-electron chi connectivity index (χ2n) is 5.24. The number of rotatable bonds is 5. The molecule has 1 rings (SSSR count). The lowest BCUT2D eigenvalue weighted by Crippen LogP contribution is -2.52. The van der Waals surface area contributed by atoms with Crippen LogP contribution in [0.3, 0.4) is 0 Å². The van der Waals surface area contributed by atoms with E-state index in [4.69, 9.17) is 0 Å². The average molecular weight is 211 g/mol. The number of hydrogen-bond acceptors (Lipinski definition) is 2. The molecular weight excluding hydrogens is 186 g/mol. The summed E-state index contributed by atoms with van der Waals surface area (Å²) in [6.45, 7) is 7.45. The molecule has 0 aromatic carbocycles. The van der Waals surface area contributed by atoms with Crippen LogP contribution < -0.4 is 5.32 Å². The molecule has 0 radical (unpaired) electrons. The van der Waals surface area contributed by atoms with Crippen molar-refractivity contribution in [1.29, 1.82) is 0 Å². The third kappa shape index (κ3) is 3.60. The first-order valence-corrected chi connectivity index (χ1v) is 6.37. The summed E-state index contributed by atoms with van der Waals surface area (Å²) in [7, 11) is 0. The average Bonchev–Trinajstić information content (AvgIpc) is 2.19. The number of piperidine rings is 1. The summed E-state index contributed by atoms with van der Waals surface area (Å²) in [4.78, 5) is 12.1. The molecule has 1 aliphatic heterocycles. The van der Waals surface area contributed by atoms with Crippen molar-refractivity contribution in [2.45, 2.75) is 64.8 Å². The Balaban J connectivity index is 2.44. The van der Waals surface area contributed by atoms with Crippen LogP contribution in [0.1, 0.15) is 59.3 Å². The zero-order valence-electron chi connectivity index (χ0n) is 10.4. The molecule has 0 spiro atoms. The maximum atomic E-state index is 12.1. The van der Waals surface area contributed by atoms with E-state index < -0.39 is 0 Å². The van der Waals surface area contributed by atoms with E-state index in [-0.39, 0.29) is 5.54 Å². The molecule has 2 nitrogen and oxygen atoms in total. The highest BCUT2D eigenvalue weighted by molar-refractivity contribution is 5.88. The van der Waals surface area contributed by atoms with Crippen LogP contribution in [-0.4, -0.2) is 17.9 Å². The first-order valence-electron chi connectivity index (χ1n) is 6.37. The zero-order valence-corrected chi connectivity index (χ0v) is 10.4. The van der Waals surface area contributed by atoms with E-state index in [1.807, 2.05) is 0 Å². The van der Waals surface area contributed by atoms with Gasteiger partial charge < -0.3 is 5.32 Å². The quantitative estimate of drug-likeness (QED) is 0.757. The van der Waals surface area contributed by atoms with Gasteiger partial charge in [0.25, 0.3) is 0 Å². The lowest BCUT2D eigenvalue weighted by atomic mass is 9.82. The molecule has 2 heteroatoms. The standard InChI is InChI=1S/C13H25NO/c1-4-7-11(2)10-12(15)13(3)8-5-6-9-14-13/h11,14H,4-10H2,1-3H3. The molecule has 1 aliphatic rings. The van der Waals surface area contributed by atoms with Crippen molar-refractivity contribution >= 4 is 5.78 Å². The fraction of sp³-hybridized carbons (Fsp3) is 0.923. The van der Waals surface area contributed by atoms with Crippen LogP contribution in [0.2, 0.25) is 0 Å². The Labute approximate surface area is 93.8 Å². The van der Waals surface area contributed by atoms with Crippen molar-refractivity contribution in [1.82, 2.24) is 5.32 Å². The molecule has 2 unspecified atom stereocenters. The van der Waals surface area contributed by atoms with Gasteiger partial charge in [-0.15, -0.1) is 0 Å². The Morgan fingerprint density at radius 2 is 2.20 bits per heavy atom. The third-order valence-corrected chi connectivity index (χ3v) is 3.55. The van der Waals surface area contributed by atoms with Gasteiger partial charge in [0.2, 0.25) is 0 Å². The van der Waals surface area contributed by atoms with Crippen LogP contribution in [0, 0.1) is 5.92 Å². The Kier molecular flexibility index (Phi) is 4.78. The normalized spacial score (nSPS) is 28.7. The minimum atomic E-state index is -0.222. The van der Waals surface area contributed by atoms with Crippen molar-refractivity contribution in [2.75, 3.05) is 6.54 Å². The highest BCUT2D eigenvalue weighted by Crippen LogP contribution is 2.23. The molecule has 0 amide bonds. The smallest absolute Gasteiger partial charge is 0.152 e. The Morgan fingerprint density at radius 1 is 1.47 bits per heavy atom. The van der Waals surface area contributed by atoms with Gasteiger partial charge in [-0.2, -0.15) is 0 Å². The van der Waals surface area contributed by atoms with E-state index >= 15 is 0 Å². The lowest BCUT2D eigenvalue weighted by Gasteiger charge is -2.34. The van der Waals surface area contributed by atoms with Gasteiger partial charge in [0, 0.05) is 6.42 Å². The van der Waals surface area contributed by atoms with Gasteiger partial charge in [0.15, 0.2) is 5.78 Å². The summed E-state index contributed by atoms with van der Waals surface area (Å²) in [6.07, 6.45) is 6.52. The molecule has 1 heterocycles. The minimum absolute atomic E-state index is 0.222. The maximum Gasteiger partial charge on any atom is 0.152 e.